The van der Waals surface area contributed by atoms with Gasteiger partial charge in [0.05, 0.1) is 38.8 Å². The molecular weight excluding hydrogens is 648 g/mol. The second kappa shape index (κ2) is 20.6. The third-order valence-corrected chi connectivity index (χ3v) is 8.15. The number of carboxylic acid groups (broad SMARTS) is 1. The number of nitrogens with one attached hydrogen (secondary N) is 3. The molecule has 0 aliphatic carbocycles. The summed E-state index contributed by atoms with van der Waals surface area (Å²) in [4.78, 5) is 41.0. The molecular formula is C40H50N4O7. The minimum absolute atomic E-state index is 0.233. The number of ether oxygens (including phenoxy) is 3. The summed E-state index contributed by atoms with van der Waals surface area (Å²) in [5, 5.41) is 20.2. The van der Waals surface area contributed by atoms with Crippen molar-refractivity contribution in [1.29, 1.82) is 0 Å². The fraction of sp³-hybridized carbons (Fsp3) is 0.400. The van der Waals surface area contributed by atoms with Gasteiger partial charge in [-0.1, -0.05) is 62.4 Å². The number of amides is 2. The average molecular weight is 699 g/mol. The van der Waals surface area contributed by atoms with Crippen molar-refractivity contribution in [2.45, 2.75) is 52.5 Å². The smallest absolute Gasteiger partial charge is 0.305 e. The van der Waals surface area contributed by atoms with E-state index in [2.05, 4.69) is 34.8 Å². The van der Waals surface area contributed by atoms with Crippen LogP contribution < -0.4 is 20.7 Å². The van der Waals surface area contributed by atoms with Crippen LogP contribution in [-0.4, -0.2) is 74.0 Å². The molecule has 51 heavy (non-hydrogen) atoms. The fourth-order valence-corrected chi connectivity index (χ4v) is 5.39. The number of anilines is 1. The number of fused-ring (bicyclic) bond motifs is 1. The molecule has 11 heteroatoms. The molecule has 3 aromatic carbocycles. The molecule has 272 valence electrons. The molecule has 4 rings (SSSR count). The fourth-order valence-electron chi connectivity index (χ4n) is 5.39. The molecule has 0 spiro atoms. The largest absolute Gasteiger partial charge is 0.491 e. The predicted octanol–water partition coefficient (Wildman–Crippen LogP) is 6.31. The Morgan fingerprint density at radius 2 is 1.63 bits per heavy atom. The molecule has 1 heterocycles. The van der Waals surface area contributed by atoms with Gasteiger partial charge in [0.25, 0.3) is 0 Å². The number of aryl methyl sites for hydroxylation is 1. The Bertz CT molecular complexity index is 1710. The van der Waals surface area contributed by atoms with Gasteiger partial charge in [0.2, 0.25) is 11.8 Å². The molecule has 1 aromatic heterocycles. The van der Waals surface area contributed by atoms with Crippen LogP contribution in [0.15, 0.2) is 79.0 Å². The van der Waals surface area contributed by atoms with Crippen molar-refractivity contribution in [3.8, 4) is 16.9 Å². The Morgan fingerprint density at radius 1 is 0.863 bits per heavy atom. The van der Waals surface area contributed by atoms with Crippen LogP contribution >= 0.6 is 0 Å². The summed E-state index contributed by atoms with van der Waals surface area (Å²) in [6, 6.07) is 22.5. The van der Waals surface area contributed by atoms with Crippen molar-refractivity contribution in [1.82, 2.24) is 15.6 Å². The number of hydrogen-bond donors (Lipinski definition) is 4. The Kier molecular flexibility index (Phi) is 15.7. The number of aromatic nitrogens is 1. The highest BCUT2D eigenvalue weighted by Crippen LogP contribution is 2.32. The molecule has 0 aliphatic heterocycles. The van der Waals surface area contributed by atoms with Gasteiger partial charge in [-0.15, -0.1) is 0 Å². The third kappa shape index (κ3) is 13.7. The van der Waals surface area contributed by atoms with E-state index in [1.165, 1.54) is 0 Å². The zero-order valence-electron chi connectivity index (χ0n) is 29.8. The first-order valence-corrected chi connectivity index (χ1v) is 17.5. The van der Waals surface area contributed by atoms with Crippen molar-refractivity contribution in [2.75, 3.05) is 51.4 Å². The first-order chi connectivity index (χ1) is 24.7. The van der Waals surface area contributed by atoms with Crippen LogP contribution in [0.4, 0.5) is 5.82 Å². The highest BCUT2D eigenvalue weighted by Gasteiger charge is 2.19. The molecule has 2 amide bonds. The number of carboxylic acids is 1. The normalized spacial score (nSPS) is 11.7. The van der Waals surface area contributed by atoms with Crippen LogP contribution in [0, 0.1) is 12.8 Å². The number of nitrogens with zero attached hydrogens (tertiary/aromatic N) is 1. The van der Waals surface area contributed by atoms with Crippen LogP contribution in [0.3, 0.4) is 0 Å². The Hall–Kier alpha value is -5.00. The van der Waals surface area contributed by atoms with E-state index in [-0.39, 0.29) is 25.3 Å². The molecule has 0 saturated heterocycles. The van der Waals surface area contributed by atoms with E-state index in [9.17, 15) is 19.5 Å². The van der Waals surface area contributed by atoms with Crippen LogP contribution in [0.5, 0.6) is 5.75 Å². The first-order valence-electron chi connectivity index (χ1n) is 17.5. The van der Waals surface area contributed by atoms with Crippen LogP contribution in [0.1, 0.15) is 56.7 Å². The molecule has 11 nitrogen and oxygen atoms in total. The Labute approximate surface area is 300 Å². The monoisotopic (exact) mass is 698 g/mol. The highest BCUT2D eigenvalue weighted by molar-refractivity contribution is 5.97. The molecule has 0 fully saturated rings. The lowest BCUT2D eigenvalue weighted by molar-refractivity contribution is -0.138. The maximum absolute atomic E-state index is 12.7. The van der Waals surface area contributed by atoms with Crippen LogP contribution in [-0.2, 0) is 23.9 Å². The van der Waals surface area contributed by atoms with Crippen molar-refractivity contribution in [2.24, 2.45) is 5.92 Å². The van der Waals surface area contributed by atoms with Gasteiger partial charge in [-0.25, -0.2) is 4.98 Å². The van der Waals surface area contributed by atoms with Crippen LogP contribution in [0.2, 0.25) is 0 Å². The number of rotatable bonds is 22. The second-order valence-corrected chi connectivity index (χ2v) is 12.8. The number of aliphatic carboxylic acids is 1. The number of pyridine rings is 1. The lowest BCUT2D eigenvalue weighted by Crippen LogP contribution is -2.39. The molecule has 0 saturated carbocycles. The van der Waals surface area contributed by atoms with E-state index in [1.807, 2.05) is 79.7 Å². The van der Waals surface area contributed by atoms with E-state index < -0.39 is 17.9 Å². The SMILES string of the molecule is Cc1ccnc(NCCCC(=O)NCC(=O)N[C@@H](CC(=O)O)c2ccc(-c3cccc4ccc(OCCOCCOCCC(C)C)cc34)cc2)c1. The van der Waals surface area contributed by atoms with Crippen molar-refractivity contribution in [3.05, 3.63) is 90.1 Å². The van der Waals surface area contributed by atoms with Gasteiger partial charge in [-0.05, 0) is 83.0 Å². The molecule has 4 N–H and O–H groups in total. The van der Waals surface area contributed by atoms with Crippen LogP contribution in [0.25, 0.3) is 21.9 Å². The first kappa shape index (κ1) is 38.8. The summed E-state index contributed by atoms with van der Waals surface area (Å²) in [5.41, 5.74) is 3.66. The van der Waals surface area contributed by atoms with Gasteiger partial charge >= 0.3 is 5.97 Å². The standard InChI is InChI=1S/C40H50N4O7/c1-28(2)16-19-49-20-21-50-22-23-51-33-14-13-30-6-4-7-34(35(30)25-33)31-9-11-32(12-10-31)36(26-40(47)48)44-39(46)27-43-38(45)8-5-17-41-37-24-29(3)15-18-42-37/h4,6-7,9-15,18,24-25,28,36H,5,8,16-17,19-23,26-27H2,1-3H3,(H,41,42)(H,43,45)(H,44,46)(H,47,48)/t36-/m0/s1. The minimum atomic E-state index is -1.05. The number of carbonyl (C=O) groups excluding carboxylic acids is 2. The zero-order chi connectivity index (χ0) is 36.4. The molecule has 0 aliphatic rings. The van der Waals surface area contributed by atoms with Gasteiger partial charge < -0.3 is 35.3 Å². The van der Waals surface area contributed by atoms with E-state index in [1.54, 1.807) is 6.20 Å². The van der Waals surface area contributed by atoms with Gasteiger partial charge in [0.15, 0.2) is 0 Å². The lowest BCUT2D eigenvalue weighted by atomic mass is 9.95. The summed E-state index contributed by atoms with van der Waals surface area (Å²) in [7, 11) is 0. The summed E-state index contributed by atoms with van der Waals surface area (Å²) in [5.74, 6) is 0.315. The Balaban J connectivity index is 1.28. The van der Waals surface area contributed by atoms with E-state index >= 15 is 0 Å². The van der Waals surface area contributed by atoms with Gasteiger partial charge in [0.1, 0.15) is 18.2 Å². The number of benzene rings is 3. The van der Waals surface area contributed by atoms with Gasteiger partial charge in [-0.3, -0.25) is 14.4 Å². The molecule has 0 unspecified atom stereocenters. The zero-order valence-corrected chi connectivity index (χ0v) is 29.8. The van der Waals surface area contributed by atoms with Crippen molar-refractivity contribution in [3.63, 3.8) is 0 Å². The molecule has 0 bridgehead atoms. The predicted molar refractivity (Wildman–Crippen MR) is 199 cm³/mol. The summed E-state index contributed by atoms with van der Waals surface area (Å²) >= 11 is 0. The summed E-state index contributed by atoms with van der Waals surface area (Å²) in [6.07, 6.45) is 3.25. The maximum Gasteiger partial charge on any atom is 0.305 e. The van der Waals surface area contributed by atoms with Gasteiger partial charge in [0, 0.05) is 25.8 Å². The summed E-state index contributed by atoms with van der Waals surface area (Å²) < 4.78 is 17.2. The van der Waals surface area contributed by atoms with Gasteiger partial charge in [-0.2, -0.15) is 0 Å². The van der Waals surface area contributed by atoms with E-state index in [0.717, 1.165) is 52.1 Å². The Morgan fingerprint density at radius 3 is 2.37 bits per heavy atom. The quantitative estimate of drug-likeness (QED) is 0.0694. The minimum Gasteiger partial charge on any atom is -0.491 e. The highest BCUT2D eigenvalue weighted by atomic mass is 16.5. The lowest BCUT2D eigenvalue weighted by Gasteiger charge is -2.18. The van der Waals surface area contributed by atoms with E-state index in [0.29, 0.717) is 50.9 Å². The van der Waals surface area contributed by atoms with E-state index in [4.69, 9.17) is 14.2 Å². The topological polar surface area (TPSA) is 148 Å². The van der Waals surface area contributed by atoms with Crippen molar-refractivity contribution >= 4 is 34.4 Å². The second-order valence-electron chi connectivity index (χ2n) is 12.8. The maximum atomic E-state index is 12.7. The third-order valence-electron chi connectivity index (χ3n) is 8.15. The number of hydrogen-bond acceptors (Lipinski definition) is 8. The molecule has 4 aromatic rings. The average Bonchev–Trinajstić information content (AvgIpc) is 3.11. The molecule has 1 atom stereocenters. The number of carbonyl (C=O) groups is 3. The molecule has 0 radical (unpaired) electrons. The summed E-state index contributed by atoms with van der Waals surface area (Å²) in [6.45, 7) is 9.35. The van der Waals surface area contributed by atoms with Crippen molar-refractivity contribution < 1.29 is 33.7 Å².